The van der Waals surface area contributed by atoms with E-state index in [9.17, 15) is 4.39 Å². The maximum atomic E-state index is 13.8. The van der Waals surface area contributed by atoms with Gasteiger partial charge in [0.1, 0.15) is 0 Å². The molecular formula is C17H27FN2O. The predicted octanol–water partition coefficient (Wildman–Crippen LogP) is 3.57. The van der Waals surface area contributed by atoms with Gasteiger partial charge in [-0.05, 0) is 42.9 Å². The first kappa shape index (κ1) is 16.2. The molecule has 1 saturated carbocycles. The fraction of sp³-hybridized carbons (Fsp3) is 0.647. The Labute approximate surface area is 127 Å². The Balaban J connectivity index is 2.01. The summed E-state index contributed by atoms with van der Waals surface area (Å²) in [6, 6.07) is 5.40. The van der Waals surface area contributed by atoms with E-state index >= 15 is 0 Å². The quantitative estimate of drug-likeness (QED) is 0.644. The van der Waals surface area contributed by atoms with Gasteiger partial charge in [-0.15, -0.1) is 0 Å². The molecule has 0 bridgehead atoms. The normalized spacial score (nSPS) is 18.8. The van der Waals surface area contributed by atoms with Crippen LogP contribution in [0, 0.1) is 11.7 Å². The molecule has 21 heavy (non-hydrogen) atoms. The van der Waals surface area contributed by atoms with E-state index in [1.165, 1.54) is 52.1 Å². The van der Waals surface area contributed by atoms with E-state index < -0.39 is 0 Å². The largest absolute Gasteiger partial charge is 0.494 e. The fourth-order valence-corrected chi connectivity index (χ4v) is 3.34. The minimum Gasteiger partial charge on any atom is -0.494 e. The van der Waals surface area contributed by atoms with Gasteiger partial charge in [0, 0.05) is 6.04 Å². The van der Waals surface area contributed by atoms with Crippen molar-refractivity contribution in [3.05, 3.63) is 29.6 Å². The van der Waals surface area contributed by atoms with Crippen molar-refractivity contribution in [2.75, 3.05) is 7.11 Å². The molecule has 118 valence electrons. The summed E-state index contributed by atoms with van der Waals surface area (Å²) in [5.41, 5.74) is 3.93. The third-order valence-electron chi connectivity index (χ3n) is 4.60. The minimum absolute atomic E-state index is 0.218. The average Bonchev–Trinajstić information content (AvgIpc) is 2.45. The van der Waals surface area contributed by atoms with Crippen LogP contribution in [0.25, 0.3) is 0 Å². The van der Waals surface area contributed by atoms with Gasteiger partial charge in [0.15, 0.2) is 11.6 Å². The van der Waals surface area contributed by atoms with Gasteiger partial charge in [-0.25, -0.2) is 4.39 Å². The van der Waals surface area contributed by atoms with Crippen molar-refractivity contribution < 1.29 is 9.13 Å². The van der Waals surface area contributed by atoms with Crippen molar-refractivity contribution in [1.82, 2.24) is 5.43 Å². The molecule has 0 aliphatic heterocycles. The van der Waals surface area contributed by atoms with Crippen LogP contribution in [0.3, 0.4) is 0 Å². The maximum Gasteiger partial charge on any atom is 0.165 e. The molecule has 0 spiro atoms. The topological polar surface area (TPSA) is 47.3 Å². The molecular weight excluding hydrogens is 267 g/mol. The Bertz CT molecular complexity index is 431. The van der Waals surface area contributed by atoms with Gasteiger partial charge in [0.25, 0.3) is 0 Å². The van der Waals surface area contributed by atoms with Crippen molar-refractivity contribution in [3.8, 4) is 5.75 Å². The van der Waals surface area contributed by atoms with Crippen LogP contribution in [0.5, 0.6) is 5.75 Å². The summed E-state index contributed by atoms with van der Waals surface area (Å²) in [5.74, 6) is 6.34. The molecule has 0 radical (unpaired) electrons. The van der Waals surface area contributed by atoms with Gasteiger partial charge in [0.2, 0.25) is 0 Å². The number of nitrogens with one attached hydrogen (secondary N) is 1. The zero-order valence-electron chi connectivity index (χ0n) is 12.9. The molecule has 3 nitrogen and oxygen atoms in total. The smallest absolute Gasteiger partial charge is 0.165 e. The summed E-state index contributed by atoms with van der Waals surface area (Å²) < 4.78 is 18.8. The Kier molecular flexibility index (Phi) is 6.46. The highest BCUT2D eigenvalue weighted by atomic mass is 19.1. The van der Waals surface area contributed by atoms with Gasteiger partial charge in [-0.2, -0.15) is 0 Å². The van der Waals surface area contributed by atoms with E-state index in [0.717, 1.165) is 12.0 Å². The van der Waals surface area contributed by atoms with Crippen LogP contribution >= 0.6 is 0 Å². The summed E-state index contributed by atoms with van der Waals surface area (Å²) in [7, 11) is 1.48. The highest BCUT2D eigenvalue weighted by Gasteiger charge is 2.21. The standard InChI is InChI=1S/C17H27FN2O/c1-21-17-10-9-13(11-15(17)18)12-16(20-19)14-7-5-3-2-4-6-8-14/h9-11,14,16,20H,2-8,12,19H2,1H3. The lowest BCUT2D eigenvalue weighted by Crippen LogP contribution is -2.42. The van der Waals surface area contributed by atoms with Crippen LogP contribution in [-0.4, -0.2) is 13.2 Å². The summed E-state index contributed by atoms with van der Waals surface area (Å²) in [6.07, 6.45) is 9.76. The van der Waals surface area contributed by atoms with Gasteiger partial charge in [-0.3, -0.25) is 11.3 Å². The zero-order valence-corrected chi connectivity index (χ0v) is 12.9. The van der Waals surface area contributed by atoms with E-state index in [4.69, 9.17) is 10.6 Å². The molecule has 0 aromatic heterocycles. The summed E-state index contributed by atoms with van der Waals surface area (Å²) >= 11 is 0. The molecule has 1 aromatic rings. The Morgan fingerprint density at radius 1 is 1.24 bits per heavy atom. The summed E-state index contributed by atoms with van der Waals surface area (Å²) in [5, 5.41) is 0. The molecule has 1 fully saturated rings. The molecule has 1 aromatic carbocycles. The number of hydrogen-bond donors (Lipinski definition) is 2. The van der Waals surface area contributed by atoms with E-state index in [-0.39, 0.29) is 11.9 Å². The number of ether oxygens (including phenoxy) is 1. The molecule has 0 amide bonds. The second-order valence-electron chi connectivity index (χ2n) is 6.05. The molecule has 2 rings (SSSR count). The van der Waals surface area contributed by atoms with E-state index in [0.29, 0.717) is 11.7 Å². The number of nitrogens with two attached hydrogens (primary N) is 1. The van der Waals surface area contributed by atoms with Gasteiger partial charge < -0.3 is 4.74 Å². The van der Waals surface area contributed by atoms with Crippen LogP contribution in [0.4, 0.5) is 4.39 Å². The molecule has 3 N–H and O–H groups in total. The minimum atomic E-state index is -0.302. The zero-order chi connectivity index (χ0) is 15.1. The van der Waals surface area contributed by atoms with Crippen molar-refractivity contribution in [2.45, 2.75) is 57.4 Å². The SMILES string of the molecule is COc1ccc(CC(NN)C2CCCCCCC2)cc1F. The highest BCUT2D eigenvalue weighted by Crippen LogP contribution is 2.27. The number of rotatable bonds is 5. The van der Waals surface area contributed by atoms with Crippen molar-refractivity contribution in [2.24, 2.45) is 11.8 Å². The monoisotopic (exact) mass is 294 g/mol. The summed E-state index contributed by atoms with van der Waals surface area (Å²) in [6.45, 7) is 0. The molecule has 0 saturated heterocycles. The Morgan fingerprint density at radius 3 is 2.48 bits per heavy atom. The van der Waals surface area contributed by atoms with Crippen LogP contribution < -0.4 is 16.0 Å². The number of hydrogen-bond acceptors (Lipinski definition) is 3. The van der Waals surface area contributed by atoms with Crippen molar-refractivity contribution in [1.29, 1.82) is 0 Å². The predicted molar refractivity (Wildman–Crippen MR) is 83.6 cm³/mol. The first-order valence-electron chi connectivity index (χ1n) is 8.03. The van der Waals surface area contributed by atoms with E-state index in [1.807, 2.05) is 6.07 Å². The highest BCUT2D eigenvalue weighted by molar-refractivity contribution is 5.29. The fourth-order valence-electron chi connectivity index (χ4n) is 3.34. The van der Waals surface area contributed by atoms with Crippen LogP contribution in [-0.2, 0) is 6.42 Å². The van der Waals surface area contributed by atoms with E-state index in [1.54, 1.807) is 12.1 Å². The molecule has 1 aliphatic carbocycles. The van der Waals surface area contributed by atoms with E-state index in [2.05, 4.69) is 5.43 Å². The lowest BCUT2D eigenvalue weighted by Gasteiger charge is -2.28. The first-order chi connectivity index (χ1) is 10.2. The van der Waals surface area contributed by atoms with Gasteiger partial charge >= 0.3 is 0 Å². The Morgan fingerprint density at radius 2 is 1.90 bits per heavy atom. The Hall–Kier alpha value is -1.13. The molecule has 0 heterocycles. The van der Waals surface area contributed by atoms with Gasteiger partial charge in [-0.1, -0.05) is 38.2 Å². The number of halogens is 1. The van der Waals surface area contributed by atoms with Crippen LogP contribution in [0.2, 0.25) is 0 Å². The molecule has 1 atom stereocenters. The van der Waals surface area contributed by atoms with Crippen molar-refractivity contribution in [3.63, 3.8) is 0 Å². The average molecular weight is 294 g/mol. The number of benzene rings is 1. The number of methoxy groups -OCH3 is 1. The third-order valence-corrected chi connectivity index (χ3v) is 4.60. The lowest BCUT2D eigenvalue weighted by atomic mass is 9.83. The van der Waals surface area contributed by atoms with Crippen molar-refractivity contribution >= 4 is 0 Å². The van der Waals surface area contributed by atoms with Crippen LogP contribution in [0.15, 0.2) is 18.2 Å². The second kappa shape index (κ2) is 8.35. The molecule has 1 unspecified atom stereocenters. The number of hydrazine groups is 1. The third kappa shape index (κ3) is 4.68. The molecule has 1 aliphatic rings. The summed E-state index contributed by atoms with van der Waals surface area (Å²) in [4.78, 5) is 0. The lowest BCUT2D eigenvalue weighted by molar-refractivity contribution is 0.285. The second-order valence-corrected chi connectivity index (χ2v) is 6.05. The first-order valence-corrected chi connectivity index (χ1v) is 8.03. The maximum absolute atomic E-state index is 13.8. The van der Waals surface area contributed by atoms with Crippen LogP contribution in [0.1, 0.15) is 50.5 Å². The molecule has 4 heteroatoms. The van der Waals surface area contributed by atoms with Gasteiger partial charge in [0.05, 0.1) is 7.11 Å².